The molecule has 0 amide bonds. The molecule has 170 valence electrons. The van der Waals surface area contributed by atoms with Crippen LogP contribution >= 0.6 is 0 Å². The standard InChI is InChI=1S/C27H31F2NO.3H2/c28-25-12-4-8-21(26(25)29)15-16-23(31)18-19-6-3-9-22(14-13-19)27-24-11-2-1-7-20(24)10-5-17-30-27;;;/h2,4-5,8,11-12,17,19,22H,1,3,6-7,9-10,13-16,18H2;3*1H/t19-,22?;;;/m1.../s1. The van der Waals surface area contributed by atoms with E-state index in [-0.39, 0.29) is 22.9 Å². The largest absolute Gasteiger partial charge is 0.300 e. The van der Waals surface area contributed by atoms with Crippen molar-refractivity contribution < 1.29 is 17.9 Å². The van der Waals surface area contributed by atoms with Crippen LogP contribution in [0, 0.1) is 23.5 Å². The Hall–Kier alpha value is -2.36. The summed E-state index contributed by atoms with van der Waals surface area (Å²) in [6.45, 7) is 0. The van der Waals surface area contributed by atoms with Crippen LogP contribution in [-0.4, -0.2) is 11.5 Å². The number of allylic oxidation sites excluding steroid dienone is 5. The number of hydrogen-bond acceptors (Lipinski definition) is 2. The van der Waals surface area contributed by atoms with Gasteiger partial charge in [0.25, 0.3) is 0 Å². The quantitative estimate of drug-likeness (QED) is 0.424. The monoisotopic (exact) mass is 429 g/mol. The lowest BCUT2D eigenvalue weighted by molar-refractivity contribution is -0.120. The van der Waals surface area contributed by atoms with Gasteiger partial charge < -0.3 is 0 Å². The van der Waals surface area contributed by atoms with Crippen molar-refractivity contribution in [2.75, 3.05) is 0 Å². The van der Waals surface area contributed by atoms with E-state index < -0.39 is 11.6 Å². The molecule has 0 saturated heterocycles. The maximum atomic E-state index is 13.8. The van der Waals surface area contributed by atoms with E-state index in [2.05, 4.69) is 18.2 Å². The minimum absolute atomic E-state index is 0. The summed E-state index contributed by atoms with van der Waals surface area (Å²) >= 11 is 0. The second-order valence-corrected chi connectivity index (χ2v) is 9.09. The summed E-state index contributed by atoms with van der Waals surface area (Å²) in [5, 5.41) is 0. The lowest BCUT2D eigenvalue weighted by atomic mass is 9.84. The summed E-state index contributed by atoms with van der Waals surface area (Å²) in [4.78, 5) is 17.4. The predicted octanol–water partition coefficient (Wildman–Crippen LogP) is 7.80. The number of benzene rings is 1. The van der Waals surface area contributed by atoms with Gasteiger partial charge in [0.2, 0.25) is 0 Å². The topological polar surface area (TPSA) is 29.4 Å². The van der Waals surface area contributed by atoms with E-state index in [1.165, 1.54) is 22.9 Å². The Kier molecular flexibility index (Phi) is 7.26. The maximum absolute atomic E-state index is 13.8. The summed E-state index contributed by atoms with van der Waals surface area (Å²) in [6.07, 6.45) is 18.4. The average Bonchev–Trinajstić information content (AvgIpc) is 3.13. The summed E-state index contributed by atoms with van der Waals surface area (Å²) in [5.74, 6) is -0.676. The van der Waals surface area contributed by atoms with Crippen LogP contribution in [0.1, 0.15) is 74.1 Å². The molecule has 1 aliphatic heterocycles. The van der Waals surface area contributed by atoms with Crippen LogP contribution in [0.3, 0.4) is 0 Å². The third kappa shape index (κ3) is 5.47. The molecule has 3 aliphatic rings. The van der Waals surface area contributed by atoms with Crippen LogP contribution in [0.5, 0.6) is 0 Å². The highest BCUT2D eigenvalue weighted by Gasteiger charge is 2.27. The number of aryl methyl sites for hydroxylation is 1. The molecule has 2 aliphatic carbocycles. The second-order valence-electron chi connectivity index (χ2n) is 9.09. The number of aliphatic imine (C=N–C) groups is 1. The molecule has 0 radical (unpaired) electrons. The van der Waals surface area contributed by atoms with Crippen LogP contribution < -0.4 is 0 Å². The number of ketones is 1. The zero-order valence-corrected chi connectivity index (χ0v) is 18.1. The van der Waals surface area contributed by atoms with E-state index in [1.807, 2.05) is 6.20 Å². The smallest absolute Gasteiger partial charge is 0.162 e. The zero-order valence-electron chi connectivity index (χ0n) is 18.1. The number of carbonyl (C=O) groups excluding carboxylic acids is 1. The first kappa shape index (κ1) is 21.9. The SMILES string of the molecule is O=C(CCc1cccc(F)c1F)C[C@@H]1CCCC(C2=NC=CCC3=C2C=CCC3)CC1.[HH].[HH].[HH]. The Balaban J connectivity index is 0.00000193. The molecule has 0 N–H and O–H groups in total. The van der Waals surface area contributed by atoms with Gasteiger partial charge in [-0.05, 0) is 68.1 Å². The highest BCUT2D eigenvalue weighted by Crippen LogP contribution is 2.35. The predicted molar refractivity (Wildman–Crippen MR) is 127 cm³/mol. The van der Waals surface area contributed by atoms with Crippen molar-refractivity contribution in [2.24, 2.45) is 16.8 Å². The van der Waals surface area contributed by atoms with E-state index >= 15 is 0 Å². The number of carbonyl (C=O) groups is 1. The number of rotatable bonds is 6. The summed E-state index contributed by atoms with van der Waals surface area (Å²) in [5.41, 5.74) is 4.40. The zero-order chi connectivity index (χ0) is 21.6. The third-order valence-electron chi connectivity index (χ3n) is 6.93. The Morgan fingerprint density at radius 1 is 1.13 bits per heavy atom. The Morgan fingerprint density at radius 2 is 2.03 bits per heavy atom. The molecular weight excluding hydrogens is 392 g/mol. The molecule has 2 nitrogen and oxygen atoms in total. The van der Waals surface area contributed by atoms with Crippen molar-refractivity contribution in [2.45, 2.75) is 70.6 Å². The second kappa shape index (κ2) is 10.3. The first-order valence-corrected chi connectivity index (χ1v) is 11.7. The van der Waals surface area contributed by atoms with Crippen molar-refractivity contribution in [1.29, 1.82) is 0 Å². The summed E-state index contributed by atoms with van der Waals surface area (Å²) in [6, 6.07) is 4.17. The van der Waals surface area contributed by atoms with Crippen LogP contribution in [-0.2, 0) is 11.2 Å². The third-order valence-corrected chi connectivity index (χ3v) is 6.93. The van der Waals surface area contributed by atoms with Gasteiger partial charge in [-0.25, -0.2) is 8.78 Å². The minimum Gasteiger partial charge on any atom is -0.300 e. The summed E-state index contributed by atoms with van der Waals surface area (Å²) < 4.78 is 27.2. The molecule has 31 heavy (non-hydrogen) atoms. The normalized spacial score (nSPS) is 23.7. The van der Waals surface area contributed by atoms with Gasteiger partial charge in [0.1, 0.15) is 5.78 Å². The molecule has 1 aromatic rings. The van der Waals surface area contributed by atoms with Gasteiger partial charge >= 0.3 is 0 Å². The van der Waals surface area contributed by atoms with Crippen LogP contribution in [0.25, 0.3) is 0 Å². The van der Waals surface area contributed by atoms with Gasteiger partial charge in [-0.3, -0.25) is 9.79 Å². The first-order chi connectivity index (χ1) is 15.1. The highest BCUT2D eigenvalue weighted by atomic mass is 19.2. The van der Waals surface area contributed by atoms with Crippen molar-refractivity contribution in [3.05, 3.63) is 71.0 Å². The van der Waals surface area contributed by atoms with Crippen LogP contribution in [0.2, 0.25) is 0 Å². The maximum Gasteiger partial charge on any atom is 0.162 e. The molecular formula is C27H37F2NO. The molecule has 1 saturated carbocycles. The number of Topliss-reactive ketones (excluding diaryl/α,β-unsaturated/α-hetero) is 1. The van der Waals surface area contributed by atoms with Gasteiger partial charge in [0.05, 0.1) is 5.71 Å². The lowest BCUT2D eigenvalue weighted by Crippen LogP contribution is -2.18. The molecule has 1 unspecified atom stereocenters. The average molecular weight is 430 g/mol. The Morgan fingerprint density at radius 3 is 2.94 bits per heavy atom. The summed E-state index contributed by atoms with van der Waals surface area (Å²) in [7, 11) is 0. The van der Waals surface area contributed by atoms with Gasteiger partial charge in [-0.2, -0.15) is 0 Å². The Bertz CT molecular complexity index is 955. The van der Waals surface area contributed by atoms with Gasteiger partial charge in [-0.1, -0.05) is 48.8 Å². The molecule has 1 heterocycles. The molecule has 0 aromatic heterocycles. The molecule has 2 atom stereocenters. The van der Waals surface area contributed by atoms with Gasteiger partial charge in [0.15, 0.2) is 11.6 Å². The van der Waals surface area contributed by atoms with Crippen molar-refractivity contribution in [3.63, 3.8) is 0 Å². The molecule has 0 bridgehead atoms. The Labute approximate surface area is 188 Å². The van der Waals surface area contributed by atoms with E-state index in [9.17, 15) is 13.6 Å². The number of nitrogens with zero attached hydrogens (tertiary/aromatic N) is 1. The number of halogens is 2. The fourth-order valence-electron chi connectivity index (χ4n) is 5.21. The van der Waals surface area contributed by atoms with E-state index in [4.69, 9.17) is 4.99 Å². The lowest BCUT2D eigenvalue weighted by Gasteiger charge is -2.22. The fourth-order valence-corrected chi connectivity index (χ4v) is 5.21. The van der Waals surface area contributed by atoms with E-state index in [0.29, 0.717) is 23.8 Å². The van der Waals surface area contributed by atoms with Crippen molar-refractivity contribution >= 4 is 11.5 Å². The minimum atomic E-state index is -0.845. The molecule has 4 rings (SSSR count). The van der Waals surface area contributed by atoms with Gasteiger partial charge in [0, 0.05) is 29.2 Å². The van der Waals surface area contributed by atoms with Crippen LogP contribution in [0.15, 0.2) is 58.8 Å². The highest BCUT2D eigenvalue weighted by molar-refractivity contribution is 6.05. The van der Waals surface area contributed by atoms with Crippen molar-refractivity contribution in [1.82, 2.24) is 0 Å². The molecule has 1 fully saturated rings. The first-order valence-electron chi connectivity index (χ1n) is 11.7. The molecule has 4 heteroatoms. The fraction of sp³-hybridized carbons (Fsp3) is 0.481. The molecule has 0 spiro atoms. The van der Waals surface area contributed by atoms with E-state index in [0.717, 1.165) is 57.4 Å². The molecule has 1 aromatic carbocycles. The number of hydrogen-bond donors (Lipinski definition) is 0. The van der Waals surface area contributed by atoms with Crippen LogP contribution in [0.4, 0.5) is 8.78 Å². The van der Waals surface area contributed by atoms with Crippen molar-refractivity contribution in [3.8, 4) is 0 Å². The van der Waals surface area contributed by atoms with E-state index in [1.54, 1.807) is 6.07 Å². The van der Waals surface area contributed by atoms with Gasteiger partial charge in [-0.15, -0.1) is 0 Å².